The van der Waals surface area contributed by atoms with Crippen molar-refractivity contribution >= 4 is 102 Å². The molecule has 2 nitrogen and oxygen atoms in total. The number of fused-ring (bicyclic) bond motifs is 9. The van der Waals surface area contributed by atoms with Crippen LogP contribution in [-0.4, -0.2) is 4.98 Å². The van der Waals surface area contributed by atoms with Gasteiger partial charge in [0.05, 0.1) is 32.5 Å². The normalized spacial score (nSPS) is 11.8. The van der Waals surface area contributed by atoms with Crippen molar-refractivity contribution in [1.29, 1.82) is 0 Å². The average molecular weight is 635 g/mol. The number of hydrogen-bond donors (Lipinski definition) is 0. The van der Waals surface area contributed by atoms with E-state index in [9.17, 15) is 0 Å². The van der Waals surface area contributed by atoms with E-state index in [1.54, 1.807) is 11.3 Å². The summed E-state index contributed by atoms with van der Waals surface area (Å²) < 4.78 is 5.03. The molecule has 0 aliphatic heterocycles. The first-order valence-corrected chi connectivity index (χ1v) is 17.4. The lowest BCUT2D eigenvalue weighted by Crippen LogP contribution is -2.10. The molecule has 3 heterocycles. The van der Waals surface area contributed by atoms with E-state index in [-0.39, 0.29) is 0 Å². The first kappa shape index (κ1) is 26.6. The van der Waals surface area contributed by atoms with Crippen molar-refractivity contribution in [3.05, 3.63) is 158 Å². The Hall–Kier alpha value is -5.55. The molecular formula is C43H26N2S2. The Morgan fingerprint density at radius 2 is 1.09 bits per heavy atom. The highest BCUT2D eigenvalue weighted by Gasteiger charge is 2.20. The predicted octanol–water partition coefficient (Wildman–Crippen LogP) is 13.3. The van der Waals surface area contributed by atoms with Gasteiger partial charge < -0.3 is 4.90 Å². The van der Waals surface area contributed by atoms with Crippen LogP contribution in [0.5, 0.6) is 0 Å². The lowest BCUT2D eigenvalue weighted by Gasteiger charge is -2.26. The molecule has 0 aliphatic rings. The van der Waals surface area contributed by atoms with Gasteiger partial charge in [-0.05, 0) is 75.1 Å². The van der Waals surface area contributed by atoms with Crippen molar-refractivity contribution in [2.24, 2.45) is 0 Å². The Bertz CT molecular complexity index is 2810. The maximum Gasteiger partial charge on any atom is 0.0890 e. The molecule has 0 aliphatic carbocycles. The van der Waals surface area contributed by atoms with E-state index >= 15 is 0 Å². The summed E-state index contributed by atoms with van der Waals surface area (Å²) in [7, 11) is 0. The zero-order chi connectivity index (χ0) is 30.9. The summed E-state index contributed by atoms with van der Waals surface area (Å²) in [5.41, 5.74) is 6.80. The summed E-state index contributed by atoms with van der Waals surface area (Å²) in [6.45, 7) is 0. The fourth-order valence-corrected chi connectivity index (χ4v) is 9.33. The number of hydrogen-bond acceptors (Lipinski definition) is 4. The van der Waals surface area contributed by atoms with Crippen molar-refractivity contribution in [2.75, 3.05) is 4.90 Å². The van der Waals surface area contributed by atoms with E-state index in [1.807, 2.05) is 17.5 Å². The Morgan fingerprint density at radius 1 is 0.426 bits per heavy atom. The van der Waals surface area contributed by atoms with E-state index < -0.39 is 0 Å². The molecule has 0 unspecified atom stereocenters. The molecule has 47 heavy (non-hydrogen) atoms. The van der Waals surface area contributed by atoms with Crippen molar-refractivity contribution in [3.63, 3.8) is 0 Å². The maximum absolute atomic E-state index is 5.06. The summed E-state index contributed by atoms with van der Waals surface area (Å²) in [6.07, 6.45) is 2.04. The van der Waals surface area contributed by atoms with Crippen molar-refractivity contribution < 1.29 is 0 Å². The molecule has 7 aromatic carbocycles. The molecule has 0 saturated carbocycles. The first-order valence-electron chi connectivity index (χ1n) is 15.8. The van der Waals surface area contributed by atoms with E-state index in [4.69, 9.17) is 4.98 Å². The number of anilines is 3. The molecule has 10 aromatic rings. The zero-order valence-electron chi connectivity index (χ0n) is 25.2. The van der Waals surface area contributed by atoms with E-state index in [0.29, 0.717) is 0 Å². The highest BCUT2D eigenvalue weighted by atomic mass is 32.1. The van der Waals surface area contributed by atoms with Gasteiger partial charge in [-0.3, -0.25) is 4.98 Å². The fraction of sp³-hybridized carbons (Fsp3) is 0. The van der Waals surface area contributed by atoms with E-state index in [2.05, 4.69) is 157 Å². The molecule has 0 fully saturated rings. The van der Waals surface area contributed by atoms with Crippen molar-refractivity contribution in [1.82, 2.24) is 4.98 Å². The van der Waals surface area contributed by atoms with E-state index in [1.165, 1.54) is 67.6 Å². The Balaban J connectivity index is 1.15. The third-order valence-electron chi connectivity index (χ3n) is 9.29. The SMILES string of the molecule is c1ccc2c(c1)ccc1ccc(-c3ccc(N(c4cnc5c(c4)sc4ccccc45)c4cccc5c4sc4ccccc45)cc3)cc12. The van der Waals surface area contributed by atoms with Crippen molar-refractivity contribution in [2.45, 2.75) is 0 Å². The highest BCUT2D eigenvalue weighted by molar-refractivity contribution is 7.26. The van der Waals surface area contributed by atoms with Crippen LogP contribution in [-0.2, 0) is 0 Å². The number of nitrogens with zero attached hydrogens (tertiary/aromatic N) is 2. The minimum atomic E-state index is 1.05. The summed E-state index contributed by atoms with van der Waals surface area (Å²) in [5.74, 6) is 0. The molecule has 0 spiro atoms. The predicted molar refractivity (Wildman–Crippen MR) is 205 cm³/mol. The third-order valence-corrected chi connectivity index (χ3v) is 11.6. The molecule has 4 heteroatoms. The summed E-state index contributed by atoms with van der Waals surface area (Å²) in [5, 5.41) is 8.89. The standard InChI is InChI=1S/C43H26N2S2/c1-2-9-33-28(8-1)16-17-29-18-19-30(24-37(29)33)27-20-22-31(23-21-27)45(32-25-41-42(44-26-32)36-11-4-6-15-40(36)46-41)38-13-7-12-35-34-10-3-5-14-39(34)47-43(35)38/h1-26H. The average Bonchev–Trinajstić information content (AvgIpc) is 3.70. The van der Waals surface area contributed by atoms with Gasteiger partial charge in [0.25, 0.3) is 0 Å². The number of rotatable bonds is 4. The number of aromatic nitrogens is 1. The van der Waals surface area contributed by atoms with Crippen LogP contribution in [0.1, 0.15) is 0 Å². The van der Waals surface area contributed by atoms with Gasteiger partial charge in [0.15, 0.2) is 0 Å². The third kappa shape index (κ3) is 4.26. The van der Waals surface area contributed by atoms with Gasteiger partial charge in [-0.1, -0.05) is 109 Å². The van der Waals surface area contributed by atoms with Gasteiger partial charge in [0.1, 0.15) is 0 Å². The van der Waals surface area contributed by atoms with Crippen LogP contribution in [0.4, 0.5) is 17.1 Å². The van der Waals surface area contributed by atoms with Gasteiger partial charge in [0.2, 0.25) is 0 Å². The second-order valence-electron chi connectivity index (χ2n) is 12.0. The smallest absolute Gasteiger partial charge is 0.0890 e. The second-order valence-corrected chi connectivity index (χ2v) is 14.1. The molecule has 0 bridgehead atoms. The van der Waals surface area contributed by atoms with Crippen LogP contribution in [0.2, 0.25) is 0 Å². The van der Waals surface area contributed by atoms with Crippen molar-refractivity contribution in [3.8, 4) is 11.1 Å². The van der Waals surface area contributed by atoms with Crippen LogP contribution < -0.4 is 4.90 Å². The first-order chi connectivity index (χ1) is 23.3. The number of benzene rings is 7. The second kappa shape index (κ2) is 10.5. The van der Waals surface area contributed by atoms with Gasteiger partial charge in [0, 0.05) is 31.2 Å². The van der Waals surface area contributed by atoms with Gasteiger partial charge in [-0.25, -0.2) is 0 Å². The fourth-order valence-electron chi connectivity index (χ4n) is 7.03. The van der Waals surface area contributed by atoms with Gasteiger partial charge >= 0.3 is 0 Å². The Labute approximate surface area is 279 Å². The number of pyridine rings is 1. The molecular weight excluding hydrogens is 609 g/mol. The lowest BCUT2D eigenvalue weighted by atomic mass is 9.97. The molecule has 10 rings (SSSR count). The van der Waals surface area contributed by atoms with E-state index in [0.717, 1.165) is 22.6 Å². The molecule has 0 saturated heterocycles. The molecule has 0 atom stereocenters. The van der Waals surface area contributed by atoms with Crippen LogP contribution in [0, 0.1) is 0 Å². The maximum atomic E-state index is 5.06. The minimum Gasteiger partial charge on any atom is -0.307 e. The molecule has 220 valence electrons. The monoisotopic (exact) mass is 634 g/mol. The lowest BCUT2D eigenvalue weighted by molar-refractivity contribution is 1.27. The Kier molecular flexibility index (Phi) is 5.95. The molecule has 0 radical (unpaired) electrons. The minimum absolute atomic E-state index is 1.05. The van der Waals surface area contributed by atoms with Crippen LogP contribution in [0.3, 0.4) is 0 Å². The molecule has 3 aromatic heterocycles. The Morgan fingerprint density at radius 3 is 1.94 bits per heavy atom. The van der Waals surface area contributed by atoms with Crippen LogP contribution in [0.15, 0.2) is 158 Å². The zero-order valence-corrected chi connectivity index (χ0v) is 26.9. The quantitative estimate of drug-likeness (QED) is 0.179. The molecule has 0 amide bonds. The number of thiophene rings is 2. The highest BCUT2D eigenvalue weighted by Crippen LogP contribution is 2.46. The van der Waals surface area contributed by atoms with Gasteiger partial charge in [-0.15, -0.1) is 22.7 Å². The topological polar surface area (TPSA) is 16.1 Å². The van der Waals surface area contributed by atoms with Gasteiger partial charge in [-0.2, -0.15) is 0 Å². The summed E-state index contributed by atoms with van der Waals surface area (Å²) in [4.78, 5) is 7.44. The largest absolute Gasteiger partial charge is 0.307 e. The van der Waals surface area contributed by atoms with Crippen LogP contribution in [0.25, 0.3) is 73.1 Å². The summed E-state index contributed by atoms with van der Waals surface area (Å²) in [6, 6.07) is 55.2. The summed E-state index contributed by atoms with van der Waals surface area (Å²) >= 11 is 3.66. The molecule has 0 N–H and O–H groups in total. The van der Waals surface area contributed by atoms with Crippen LogP contribution >= 0.6 is 22.7 Å².